The fourth-order valence-corrected chi connectivity index (χ4v) is 5.65. The molecule has 0 heterocycles. The van der Waals surface area contributed by atoms with Crippen molar-refractivity contribution in [2.45, 2.75) is 92.5 Å². The summed E-state index contributed by atoms with van der Waals surface area (Å²) in [5.74, 6) is 1.71. The van der Waals surface area contributed by atoms with Crippen molar-refractivity contribution < 1.29 is 14.6 Å². The van der Waals surface area contributed by atoms with Crippen molar-refractivity contribution in [2.75, 3.05) is 0 Å². The molecular formula is C36H47NO3Si. The van der Waals surface area contributed by atoms with E-state index < -0.39 is 32.2 Å². The van der Waals surface area contributed by atoms with Gasteiger partial charge in [0.25, 0.3) is 0 Å². The minimum absolute atomic E-state index is 0.154. The first kappa shape index (κ1) is 32.3. The van der Waals surface area contributed by atoms with Crippen molar-refractivity contribution in [3.8, 4) is 11.5 Å². The zero-order valence-corrected chi connectivity index (χ0v) is 27.3. The molecule has 4 nitrogen and oxygen atoms in total. The molecule has 0 fully saturated rings. The van der Waals surface area contributed by atoms with Crippen LogP contribution in [-0.2, 0) is 22.6 Å². The number of nitrogens with zero attached hydrogens (tertiary/aromatic N) is 1. The van der Waals surface area contributed by atoms with Crippen LogP contribution in [0.4, 0.5) is 0 Å². The lowest BCUT2D eigenvalue weighted by atomic mass is 9.96. The van der Waals surface area contributed by atoms with Crippen molar-refractivity contribution in [3.05, 3.63) is 106 Å². The van der Waals surface area contributed by atoms with E-state index >= 15 is 0 Å². The van der Waals surface area contributed by atoms with Crippen LogP contribution >= 0.6 is 0 Å². The molecule has 0 spiro atoms. The highest BCUT2D eigenvalue weighted by molar-refractivity contribution is 6.83. The number of hydrogen-bond acceptors (Lipinski definition) is 4. The van der Waals surface area contributed by atoms with E-state index in [1.165, 1.54) is 33.4 Å². The van der Waals surface area contributed by atoms with Crippen LogP contribution in [0.15, 0.2) is 66.7 Å². The summed E-state index contributed by atoms with van der Waals surface area (Å²) in [4.78, 5) is 15.9. The van der Waals surface area contributed by atoms with Crippen molar-refractivity contribution in [1.82, 2.24) is 4.90 Å². The number of benzene rings is 3. The third-order valence-electron chi connectivity index (χ3n) is 7.66. The van der Waals surface area contributed by atoms with Crippen LogP contribution in [0, 0.1) is 45.1 Å². The Morgan fingerprint density at radius 2 is 1.46 bits per heavy atom. The van der Waals surface area contributed by atoms with Gasteiger partial charge < -0.3 is 9.84 Å². The van der Waals surface area contributed by atoms with Gasteiger partial charge in [0.05, 0.1) is 5.92 Å². The lowest BCUT2D eigenvalue weighted by Crippen LogP contribution is -2.40. The topological polar surface area (TPSA) is 49.8 Å². The van der Waals surface area contributed by atoms with Gasteiger partial charge >= 0.3 is 5.97 Å². The first-order valence-electron chi connectivity index (χ1n) is 14.6. The number of hydrogen-bond donors (Lipinski definition) is 1. The molecule has 0 aliphatic carbocycles. The third kappa shape index (κ3) is 9.16. The summed E-state index contributed by atoms with van der Waals surface area (Å²) in [6, 6.07) is 22.7. The third-order valence-corrected chi connectivity index (χ3v) is 8.56. The minimum atomic E-state index is -1.69. The normalized spacial score (nSPS) is 14.5. The van der Waals surface area contributed by atoms with Gasteiger partial charge in [-0.15, -0.1) is 5.54 Å². The molecule has 0 amide bonds. The van der Waals surface area contributed by atoms with Gasteiger partial charge in [-0.2, -0.15) is 0 Å². The number of aliphatic hydroxyl groups is 1. The molecule has 3 aromatic carbocycles. The van der Waals surface area contributed by atoms with Gasteiger partial charge in [0.2, 0.25) is 0 Å². The van der Waals surface area contributed by atoms with E-state index in [2.05, 4.69) is 107 Å². The van der Waals surface area contributed by atoms with Crippen LogP contribution < -0.4 is 0 Å². The number of carbonyl (C=O) groups excluding carboxylic acids is 1. The maximum absolute atomic E-state index is 13.5. The molecule has 1 N–H and O–H groups in total. The number of aryl methyl sites for hydroxylation is 4. The summed E-state index contributed by atoms with van der Waals surface area (Å²) in [6.07, 6.45) is -1.60. The molecule has 0 saturated carbocycles. The quantitative estimate of drug-likeness (QED) is 0.156. The summed E-state index contributed by atoms with van der Waals surface area (Å²) in [5, 5.41) is 10.7. The average Bonchev–Trinajstić information content (AvgIpc) is 2.91. The van der Waals surface area contributed by atoms with Gasteiger partial charge in [-0.3, -0.25) is 9.69 Å². The maximum atomic E-state index is 13.5. The van der Waals surface area contributed by atoms with Crippen molar-refractivity contribution in [3.63, 3.8) is 0 Å². The van der Waals surface area contributed by atoms with Crippen LogP contribution in [0.25, 0.3) is 0 Å². The zero-order valence-electron chi connectivity index (χ0n) is 26.3. The molecule has 0 unspecified atom stereocenters. The predicted octanol–water partition coefficient (Wildman–Crippen LogP) is 7.47. The molecule has 0 bridgehead atoms. The Bertz CT molecular complexity index is 1360. The number of rotatable bonds is 10. The first-order valence-corrected chi connectivity index (χ1v) is 18.1. The lowest BCUT2D eigenvalue weighted by Gasteiger charge is -2.36. The second-order valence-corrected chi connectivity index (χ2v) is 17.2. The van der Waals surface area contributed by atoms with E-state index in [1.807, 2.05) is 30.3 Å². The summed E-state index contributed by atoms with van der Waals surface area (Å²) in [7, 11) is -1.69. The number of ether oxygens (including phenoxy) is 1. The van der Waals surface area contributed by atoms with Crippen LogP contribution in [-0.4, -0.2) is 36.2 Å². The molecule has 5 heteroatoms. The summed E-state index contributed by atoms with van der Waals surface area (Å²) in [6.45, 7) is 20.2. The molecule has 0 aliphatic heterocycles. The molecule has 0 radical (unpaired) electrons. The van der Waals surface area contributed by atoms with Gasteiger partial charge in [0.15, 0.2) is 0 Å². The average molecular weight is 570 g/mol. The SMILES string of the molecule is Cc1cc(C)c(CN(Cc2ccccc2C)[C@@H](C)[C@H](OC(=O)[C@@H](C)[C@H](O)C#C[Si](C)(C)C)c2ccccc2)c(C)c1. The maximum Gasteiger partial charge on any atom is 0.312 e. The molecule has 218 valence electrons. The van der Waals surface area contributed by atoms with E-state index in [-0.39, 0.29) is 6.04 Å². The molecule has 41 heavy (non-hydrogen) atoms. The Balaban J connectivity index is 2.00. The van der Waals surface area contributed by atoms with E-state index in [1.54, 1.807) is 6.92 Å². The van der Waals surface area contributed by atoms with Crippen molar-refractivity contribution in [1.29, 1.82) is 0 Å². The highest BCUT2D eigenvalue weighted by Crippen LogP contribution is 2.31. The van der Waals surface area contributed by atoms with Gasteiger partial charge in [-0.1, -0.05) is 97.9 Å². The molecular weight excluding hydrogens is 522 g/mol. The van der Waals surface area contributed by atoms with Gasteiger partial charge in [0.1, 0.15) is 20.3 Å². The molecule has 0 saturated heterocycles. The molecule has 3 rings (SSSR count). The standard InChI is InChI=1S/C36H47NO3Si/c1-25-21-27(3)33(28(4)22-25)24-37(23-32-18-14-13-15-26(32)2)30(6)35(31-16-11-10-12-17-31)40-36(39)29(5)34(38)19-20-41(7,8)9/h10-18,21-22,29-30,34-35,38H,23-24H2,1-9H3/t29-,30-,34+,35-/m0/s1. The van der Waals surface area contributed by atoms with Gasteiger partial charge in [0, 0.05) is 19.1 Å². The second kappa shape index (κ2) is 14.1. The van der Waals surface area contributed by atoms with Crippen molar-refractivity contribution in [2.24, 2.45) is 5.92 Å². The van der Waals surface area contributed by atoms with Crippen molar-refractivity contribution >= 4 is 14.0 Å². The van der Waals surface area contributed by atoms with E-state index in [0.29, 0.717) is 13.1 Å². The fraction of sp³-hybridized carbons (Fsp3) is 0.417. The van der Waals surface area contributed by atoms with E-state index in [0.717, 1.165) is 5.56 Å². The van der Waals surface area contributed by atoms with E-state index in [4.69, 9.17) is 4.74 Å². The van der Waals surface area contributed by atoms with Crippen LogP contribution in [0.2, 0.25) is 19.6 Å². The lowest BCUT2D eigenvalue weighted by molar-refractivity contribution is -0.160. The highest BCUT2D eigenvalue weighted by atomic mass is 28.3. The molecule has 0 aliphatic rings. The zero-order chi connectivity index (χ0) is 30.3. The molecule has 0 aromatic heterocycles. The van der Waals surface area contributed by atoms with Gasteiger partial charge in [-0.05, 0) is 74.9 Å². The minimum Gasteiger partial charge on any atom is -0.456 e. The predicted molar refractivity (Wildman–Crippen MR) is 172 cm³/mol. The summed E-state index contributed by atoms with van der Waals surface area (Å²) in [5.41, 5.74) is 11.6. The largest absolute Gasteiger partial charge is 0.456 e. The van der Waals surface area contributed by atoms with Crippen LogP contribution in [0.3, 0.4) is 0 Å². The smallest absolute Gasteiger partial charge is 0.312 e. The van der Waals surface area contributed by atoms with Gasteiger partial charge in [-0.25, -0.2) is 0 Å². The monoisotopic (exact) mass is 569 g/mol. The number of aliphatic hydroxyl groups excluding tert-OH is 1. The summed E-state index contributed by atoms with van der Waals surface area (Å²) < 4.78 is 6.28. The second-order valence-electron chi connectivity index (χ2n) is 12.5. The number of esters is 1. The molecule has 4 atom stereocenters. The Morgan fingerprint density at radius 1 is 0.878 bits per heavy atom. The summed E-state index contributed by atoms with van der Waals surface area (Å²) >= 11 is 0. The Morgan fingerprint density at radius 3 is 2.05 bits per heavy atom. The fourth-order valence-electron chi connectivity index (χ4n) is 5.07. The first-order chi connectivity index (χ1) is 19.3. The Labute approximate surface area is 248 Å². The molecule has 3 aromatic rings. The Hall–Kier alpha value is -3.17. The van der Waals surface area contributed by atoms with E-state index in [9.17, 15) is 9.90 Å². The van der Waals surface area contributed by atoms with Crippen LogP contribution in [0.1, 0.15) is 58.9 Å². The van der Waals surface area contributed by atoms with Crippen LogP contribution in [0.5, 0.6) is 0 Å². The highest BCUT2D eigenvalue weighted by Gasteiger charge is 2.32. The Kier molecular flexibility index (Phi) is 11.2. The number of carbonyl (C=O) groups is 1.